The van der Waals surface area contributed by atoms with Crippen molar-refractivity contribution < 1.29 is 41.2 Å². The molecular weight excluding hydrogens is 436 g/mol. The minimum atomic E-state index is -4.93. The van der Waals surface area contributed by atoms with E-state index < -0.39 is 64.1 Å². The molecule has 1 fully saturated rings. The molecule has 1 aromatic carbocycles. The molecule has 1 N–H and O–H groups in total. The van der Waals surface area contributed by atoms with E-state index in [0.717, 1.165) is 29.2 Å². The fourth-order valence-corrected chi connectivity index (χ4v) is 3.55. The summed E-state index contributed by atoms with van der Waals surface area (Å²) in [4.78, 5) is 25.7. The molecule has 7 nitrogen and oxygen atoms in total. The van der Waals surface area contributed by atoms with Crippen LogP contribution in [0.2, 0.25) is 0 Å². The van der Waals surface area contributed by atoms with Crippen LogP contribution in [0.1, 0.15) is 27.9 Å². The molecule has 31 heavy (non-hydrogen) atoms. The summed E-state index contributed by atoms with van der Waals surface area (Å²) in [5.41, 5.74) is -5.23. The zero-order valence-corrected chi connectivity index (χ0v) is 15.4. The van der Waals surface area contributed by atoms with Gasteiger partial charge in [-0.25, -0.2) is 4.79 Å². The van der Waals surface area contributed by atoms with E-state index in [-0.39, 0.29) is 12.4 Å². The van der Waals surface area contributed by atoms with Gasteiger partial charge in [-0.3, -0.25) is 0 Å². The summed E-state index contributed by atoms with van der Waals surface area (Å²) < 4.78 is 81.3. The van der Waals surface area contributed by atoms with Gasteiger partial charge in [0, 0.05) is 19.2 Å². The number of hydrogen-bond acceptors (Lipinski definition) is 5. The molecule has 1 aliphatic heterocycles. The number of nitro groups is 1. The molecule has 1 unspecified atom stereocenters. The Morgan fingerprint density at radius 1 is 1.16 bits per heavy atom. The van der Waals surface area contributed by atoms with Crippen molar-refractivity contribution in [2.45, 2.75) is 24.2 Å². The lowest BCUT2D eigenvalue weighted by atomic mass is 9.78. The quantitative estimate of drug-likeness (QED) is 0.422. The van der Waals surface area contributed by atoms with Crippen LogP contribution in [0.15, 0.2) is 36.4 Å². The van der Waals surface area contributed by atoms with Crippen molar-refractivity contribution in [2.75, 3.05) is 18.0 Å². The van der Waals surface area contributed by atoms with Crippen LogP contribution in [0.4, 0.5) is 38.0 Å². The van der Waals surface area contributed by atoms with Gasteiger partial charge in [0.2, 0.25) is 5.82 Å². The van der Waals surface area contributed by atoms with Crippen molar-refractivity contribution in [1.82, 2.24) is 4.98 Å². The lowest BCUT2D eigenvalue weighted by Crippen LogP contribution is -2.45. The fraction of sp³-hybridized carbons (Fsp3) is 0.333. The first-order chi connectivity index (χ1) is 14.3. The SMILES string of the molecule is O=C(O)c1ccc(N2CCC(c3cccc(C(F)(F)F)c3)(C(F)(F)F)C2)nc1[N+](=O)[O-]. The molecule has 2 heterocycles. The van der Waals surface area contributed by atoms with E-state index in [9.17, 15) is 41.3 Å². The zero-order valence-electron chi connectivity index (χ0n) is 15.4. The van der Waals surface area contributed by atoms with Gasteiger partial charge in [-0.15, -0.1) is 0 Å². The van der Waals surface area contributed by atoms with E-state index in [1.165, 1.54) is 0 Å². The molecule has 0 radical (unpaired) electrons. The van der Waals surface area contributed by atoms with Gasteiger partial charge < -0.3 is 20.1 Å². The van der Waals surface area contributed by atoms with Crippen molar-refractivity contribution in [3.63, 3.8) is 0 Å². The van der Waals surface area contributed by atoms with Gasteiger partial charge in [-0.05, 0) is 34.0 Å². The third-order valence-electron chi connectivity index (χ3n) is 5.14. The molecular formula is C18H13F6N3O4. The first kappa shape index (κ1) is 22.3. The summed E-state index contributed by atoms with van der Waals surface area (Å²) in [7, 11) is 0. The molecule has 2 aromatic rings. The highest BCUT2D eigenvalue weighted by Gasteiger charge is 2.60. The van der Waals surface area contributed by atoms with E-state index in [0.29, 0.717) is 12.1 Å². The van der Waals surface area contributed by atoms with Gasteiger partial charge in [0.05, 0.1) is 5.56 Å². The topological polar surface area (TPSA) is 96.6 Å². The molecule has 1 atom stereocenters. The normalized spacial score (nSPS) is 19.5. The number of aromatic carboxylic acids is 1. The molecule has 1 aliphatic rings. The molecule has 0 bridgehead atoms. The summed E-state index contributed by atoms with van der Waals surface area (Å²) in [6, 6.07) is 4.82. The molecule has 0 spiro atoms. The van der Waals surface area contributed by atoms with E-state index in [1.54, 1.807) is 0 Å². The molecule has 1 saturated heterocycles. The van der Waals surface area contributed by atoms with Crippen molar-refractivity contribution in [3.8, 4) is 0 Å². The third kappa shape index (κ3) is 3.99. The number of benzene rings is 1. The van der Waals surface area contributed by atoms with Crippen LogP contribution in [-0.2, 0) is 11.6 Å². The second-order valence-electron chi connectivity index (χ2n) is 6.93. The Morgan fingerprint density at radius 2 is 1.84 bits per heavy atom. The second-order valence-corrected chi connectivity index (χ2v) is 6.93. The Bertz CT molecular complexity index is 1040. The van der Waals surface area contributed by atoms with E-state index in [4.69, 9.17) is 5.11 Å². The number of anilines is 1. The maximum atomic E-state index is 14.1. The van der Waals surface area contributed by atoms with E-state index in [1.807, 2.05) is 0 Å². The summed E-state index contributed by atoms with van der Waals surface area (Å²) in [5, 5.41) is 20.1. The Labute approximate surface area is 170 Å². The van der Waals surface area contributed by atoms with Gasteiger partial charge in [-0.2, -0.15) is 26.3 Å². The first-order valence-corrected chi connectivity index (χ1v) is 8.64. The average molecular weight is 449 g/mol. The van der Waals surface area contributed by atoms with E-state index >= 15 is 0 Å². The lowest BCUT2D eigenvalue weighted by molar-refractivity contribution is -0.389. The molecule has 3 rings (SSSR count). The van der Waals surface area contributed by atoms with Crippen LogP contribution in [0.3, 0.4) is 0 Å². The average Bonchev–Trinajstić information content (AvgIpc) is 3.13. The number of carboxylic acid groups (broad SMARTS) is 1. The fourth-order valence-electron chi connectivity index (χ4n) is 3.55. The molecule has 0 aliphatic carbocycles. The maximum Gasteiger partial charge on any atom is 0.416 e. The van der Waals surface area contributed by atoms with Gasteiger partial charge in [0.25, 0.3) is 0 Å². The van der Waals surface area contributed by atoms with Gasteiger partial charge in [0.15, 0.2) is 5.56 Å². The Hall–Kier alpha value is -3.38. The number of carboxylic acids is 1. The van der Waals surface area contributed by atoms with Crippen LogP contribution in [-0.4, -0.2) is 40.2 Å². The molecule has 1 aromatic heterocycles. The number of hydrogen-bond donors (Lipinski definition) is 1. The van der Waals surface area contributed by atoms with Crippen molar-refractivity contribution in [1.29, 1.82) is 0 Å². The number of pyridine rings is 1. The minimum absolute atomic E-state index is 0.283. The van der Waals surface area contributed by atoms with Crippen LogP contribution in [0, 0.1) is 10.1 Å². The predicted molar refractivity (Wildman–Crippen MR) is 93.9 cm³/mol. The maximum absolute atomic E-state index is 14.1. The monoisotopic (exact) mass is 449 g/mol. The van der Waals surface area contributed by atoms with Crippen molar-refractivity contribution >= 4 is 17.6 Å². The Balaban J connectivity index is 2.04. The van der Waals surface area contributed by atoms with Crippen molar-refractivity contribution in [2.24, 2.45) is 0 Å². The summed E-state index contributed by atoms with van der Waals surface area (Å²) in [6.45, 7) is -1.15. The minimum Gasteiger partial charge on any atom is -0.477 e. The zero-order chi connectivity index (χ0) is 23.2. The van der Waals surface area contributed by atoms with Crippen LogP contribution in [0.25, 0.3) is 0 Å². The van der Waals surface area contributed by atoms with Crippen LogP contribution < -0.4 is 4.90 Å². The standard InChI is InChI=1S/C18H13F6N3O4/c19-17(20,21)11-3-1-2-10(8-11)16(18(22,23)24)6-7-26(9-16)13-5-4-12(15(28)29)14(25-13)27(30)31/h1-5,8H,6-7,9H2,(H,28,29). The second kappa shape index (κ2) is 7.39. The largest absolute Gasteiger partial charge is 0.477 e. The number of rotatable bonds is 4. The summed E-state index contributed by atoms with van der Waals surface area (Å²) in [5.74, 6) is -2.97. The highest BCUT2D eigenvalue weighted by molar-refractivity contribution is 5.91. The van der Waals surface area contributed by atoms with Gasteiger partial charge >= 0.3 is 24.1 Å². The third-order valence-corrected chi connectivity index (χ3v) is 5.14. The van der Waals surface area contributed by atoms with Gasteiger partial charge in [0.1, 0.15) is 5.41 Å². The Kier molecular flexibility index (Phi) is 5.32. The molecule has 0 amide bonds. The number of aromatic nitrogens is 1. The highest BCUT2D eigenvalue weighted by Crippen LogP contribution is 2.49. The van der Waals surface area contributed by atoms with Crippen LogP contribution in [0.5, 0.6) is 0 Å². The van der Waals surface area contributed by atoms with Crippen molar-refractivity contribution in [3.05, 3.63) is 63.2 Å². The lowest BCUT2D eigenvalue weighted by Gasteiger charge is -2.32. The highest BCUT2D eigenvalue weighted by atomic mass is 19.4. The van der Waals surface area contributed by atoms with E-state index in [2.05, 4.69) is 4.98 Å². The Morgan fingerprint density at radius 3 is 2.39 bits per heavy atom. The van der Waals surface area contributed by atoms with Crippen LogP contribution >= 0.6 is 0 Å². The summed E-state index contributed by atoms with van der Waals surface area (Å²) in [6.07, 6.45) is -10.4. The molecule has 166 valence electrons. The molecule has 0 saturated carbocycles. The number of alkyl halides is 6. The smallest absolute Gasteiger partial charge is 0.416 e. The number of nitrogens with zero attached hydrogens (tertiary/aromatic N) is 3. The molecule has 13 heteroatoms. The predicted octanol–water partition coefficient (Wildman–Crippen LogP) is 4.42. The number of halogens is 6. The summed E-state index contributed by atoms with van der Waals surface area (Å²) >= 11 is 0. The van der Waals surface area contributed by atoms with Gasteiger partial charge in [-0.1, -0.05) is 18.2 Å². The number of carbonyl (C=O) groups is 1. The first-order valence-electron chi connectivity index (χ1n) is 8.64.